The Labute approximate surface area is 123 Å². The van der Waals surface area contributed by atoms with Gasteiger partial charge in [-0.2, -0.15) is 0 Å². The van der Waals surface area contributed by atoms with Gasteiger partial charge in [0.15, 0.2) is 0 Å². The molecule has 1 atom stereocenters. The second-order valence-electron chi connectivity index (χ2n) is 5.07. The molecule has 2 rings (SSSR count). The van der Waals surface area contributed by atoms with E-state index in [0.717, 1.165) is 5.56 Å². The SMILES string of the molecule is CCC(=O)Nc1cccc(NC(=O)C2CNC(=O)C2)c1C. The van der Waals surface area contributed by atoms with Gasteiger partial charge < -0.3 is 16.0 Å². The van der Waals surface area contributed by atoms with Crippen molar-refractivity contribution in [1.82, 2.24) is 5.32 Å². The fourth-order valence-electron chi connectivity index (χ4n) is 2.17. The molecule has 6 nitrogen and oxygen atoms in total. The lowest BCUT2D eigenvalue weighted by Crippen LogP contribution is -2.25. The smallest absolute Gasteiger partial charge is 0.229 e. The number of rotatable bonds is 4. The Morgan fingerprint density at radius 2 is 1.95 bits per heavy atom. The summed E-state index contributed by atoms with van der Waals surface area (Å²) in [6, 6.07) is 5.34. The fraction of sp³-hybridized carbons (Fsp3) is 0.400. The maximum absolute atomic E-state index is 12.1. The van der Waals surface area contributed by atoms with Crippen LogP contribution in [0.4, 0.5) is 11.4 Å². The first-order valence-corrected chi connectivity index (χ1v) is 6.98. The molecule has 1 aromatic rings. The molecule has 1 saturated heterocycles. The van der Waals surface area contributed by atoms with E-state index in [1.54, 1.807) is 25.1 Å². The summed E-state index contributed by atoms with van der Waals surface area (Å²) in [6.07, 6.45) is 0.614. The van der Waals surface area contributed by atoms with Crippen LogP contribution in [0.5, 0.6) is 0 Å². The Balaban J connectivity index is 2.09. The Kier molecular flexibility index (Phi) is 4.57. The highest BCUT2D eigenvalue weighted by Gasteiger charge is 2.28. The van der Waals surface area contributed by atoms with Crippen molar-refractivity contribution in [3.8, 4) is 0 Å². The molecule has 0 aromatic heterocycles. The molecule has 3 amide bonds. The van der Waals surface area contributed by atoms with Crippen LogP contribution in [0, 0.1) is 12.8 Å². The van der Waals surface area contributed by atoms with E-state index in [-0.39, 0.29) is 30.1 Å². The zero-order valence-electron chi connectivity index (χ0n) is 12.2. The molecule has 0 aliphatic carbocycles. The third-order valence-corrected chi connectivity index (χ3v) is 3.54. The van der Waals surface area contributed by atoms with Crippen LogP contribution in [0.15, 0.2) is 18.2 Å². The summed E-state index contributed by atoms with van der Waals surface area (Å²) >= 11 is 0. The number of carbonyl (C=O) groups excluding carboxylic acids is 3. The third-order valence-electron chi connectivity index (χ3n) is 3.54. The molecule has 1 fully saturated rings. The number of hydrogen-bond acceptors (Lipinski definition) is 3. The van der Waals surface area contributed by atoms with Crippen LogP contribution in [0.3, 0.4) is 0 Å². The molecule has 1 unspecified atom stereocenters. The molecular formula is C15H19N3O3. The van der Waals surface area contributed by atoms with E-state index < -0.39 is 0 Å². The molecule has 3 N–H and O–H groups in total. The Morgan fingerprint density at radius 1 is 1.29 bits per heavy atom. The molecule has 0 spiro atoms. The van der Waals surface area contributed by atoms with E-state index in [2.05, 4.69) is 16.0 Å². The van der Waals surface area contributed by atoms with Crippen molar-refractivity contribution in [2.24, 2.45) is 5.92 Å². The van der Waals surface area contributed by atoms with Crippen molar-refractivity contribution in [3.63, 3.8) is 0 Å². The molecule has 6 heteroatoms. The van der Waals surface area contributed by atoms with Crippen molar-refractivity contribution in [1.29, 1.82) is 0 Å². The van der Waals surface area contributed by atoms with Gasteiger partial charge in [0, 0.05) is 30.8 Å². The summed E-state index contributed by atoms with van der Waals surface area (Å²) in [4.78, 5) is 34.7. The number of anilines is 2. The topological polar surface area (TPSA) is 87.3 Å². The lowest BCUT2D eigenvalue weighted by atomic mass is 10.1. The summed E-state index contributed by atoms with van der Waals surface area (Å²) in [6.45, 7) is 3.98. The maximum atomic E-state index is 12.1. The summed E-state index contributed by atoms with van der Waals surface area (Å²) in [5, 5.41) is 8.25. The van der Waals surface area contributed by atoms with E-state index in [0.29, 0.717) is 24.3 Å². The van der Waals surface area contributed by atoms with E-state index >= 15 is 0 Å². The predicted octanol–water partition coefficient (Wildman–Crippen LogP) is 1.42. The predicted molar refractivity (Wildman–Crippen MR) is 79.8 cm³/mol. The van der Waals surface area contributed by atoms with E-state index in [9.17, 15) is 14.4 Å². The van der Waals surface area contributed by atoms with E-state index in [1.807, 2.05) is 6.92 Å². The van der Waals surface area contributed by atoms with Gasteiger partial charge in [-0.25, -0.2) is 0 Å². The normalized spacial score (nSPS) is 17.2. The van der Waals surface area contributed by atoms with Gasteiger partial charge in [-0.05, 0) is 24.6 Å². The van der Waals surface area contributed by atoms with Crippen LogP contribution in [0.1, 0.15) is 25.3 Å². The number of hydrogen-bond donors (Lipinski definition) is 3. The molecular weight excluding hydrogens is 270 g/mol. The molecule has 0 saturated carbocycles. The highest BCUT2D eigenvalue weighted by Crippen LogP contribution is 2.24. The third kappa shape index (κ3) is 3.59. The Hall–Kier alpha value is -2.37. The van der Waals surface area contributed by atoms with Crippen molar-refractivity contribution >= 4 is 29.1 Å². The molecule has 1 aromatic carbocycles. The first-order valence-electron chi connectivity index (χ1n) is 6.98. The summed E-state index contributed by atoms with van der Waals surface area (Å²) in [5.41, 5.74) is 2.12. The van der Waals surface area contributed by atoms with Crippen LogP contribution < -0.4 is 16.0 Å². The van der Waals surface area contributed by atoms with Gasteiger partial charge in [0.2, 0.25) is 17.7 Å². The molecule has 1 aliphatic rings. The van der Waals surface area contributed by atoms with Crippen LogP contribution in [0.25, 0.3) is 0 Å². The zero-order valence-corrected chi connectivity index (χ0v) is 12.2. The Bertz CT molecular complexity index is 584. The molecule has 1 heterocycles. The summed E-state index contributed by atoms with van der Waals surface area (Å²) in [5.74, 6) is -0.704. The molecule has 0 bridgehead atoms. The minimum absolute atomic E-state index is 0.0767. The average Bonchev–Trinajstić information content (AvgIpc) is 2.89. The second-order valence-corrected chi connectivity index (χ2v) is 5.07. The second kappa shape index (κ2) is 6.39. The van der Waals surface area contributed by atoms with Gasteiger partial charge in [0.25, 0.3) is 0 Å². The summed E-state index contributed by atoms with van der Waals surface area (Å²) in [7, 11) is 0. The number of amides is 3. The molecule has 1 aliphatic heterocycles. The largest absolute Gasteiger partial charge is 0.355 e. The maximum Gasteiger partial charge on any atom is 0.229 e. The number of benzene rings is 1. The quantitative estimate of drug-likeness (QED) is 0.783. The molecule has 112 valence electrons. The van der Waals surface area contributed by atoms with Crippen molar-refractivity contribution in [2.45, 2.75) is 26.7 Å². The molecule has 21 heavy (non-hydrogen) atoms. The highest BCUT2D eigenvalue weighted by atomic mass is 16.2. The minimum Gasteiger partial charge on any atom is -0.355 e. The minimum atomic E-state index is -0.342. The van der Waals surface area contributed by atoms with Gasteiger partial charge in [0.05, 0.1) is 5.92 Å². The first-order chi connectivity index (χ1) is 10.0. The van der Waals surface area contributed by atoms with Gasteiger partial charge >= 0.3 is 0 Å². The van der Waals surface area contributed by atoms with E-state index in [1.165, 1.54) is 0 Å². The monoisotopic (exact) mass is 289 g/mol. The lowest BCUT2D eigenvalue weighted by molar-refractivity contribution is -0.123. The standard InChI is InChI=1S/C15H19N3O3/c1-3-13(19)17-11-5-4-6-12(9(11)2)18-15(21)10-7-14(20)16-8-10/h4-6,10H,3,7-8H2,1-2H3,(H,16,20)(H,17,19)(H,18,21). The van der Waals surface area contributed by atoms with Gasteiger partial charge in [-0.1, -0.05) is 13.0 Å². The van der Waals surface area contributed by atoms with Crippen LogP contribution >= 0.6 is 0 Å². The van der Waals surface area contributed by atoms with Crippen molar-refractivity contribution < 1.29 is 14.4 Å². The van der Waals surface area contributed by atoms with Crippen LogP contribution in [0.2, 0.25) is 0 Å². The van der Waals surface area contributed by atoms with Crippen LogP contribution in [-0.4, -0.2) is 24.3 Å². The van der Waals surface area contributed by atoms with Crippen molar-refractivity contribution in [2.75, 3.05) is 17.2 Å². The summed E-state index contributed by atoms with van der Waals surface area (Å²) < 4.78 is 0. The van der Waals surface area contributed by atoms with Gasteiger partial charge in [0.1, 0.15) is 0 Å². The number of carbonyl (C=O) groups is 3. The van der Waals surface area contributed by atoms with Gasteiger partial charge in [-0.15, -0.1) is 0 Å². The van der Waals surface area contributed by atoms with Gasteiger partial charge in [-0.3, -0.25) is 14.4 Å². The van der Waals surface area contributed by atoms with Crippen molar-refractivity contribution in [3.05, 3.63) is 23.8 Å². The fourth-order valence-corrected chi connectivity index (χ4v) is 2.17. The molecule has 0 radical (unpaired) electrons. The first kappa shape index (κ1) is 15.0. The number of nitrogens with one attached hydrogen (secondary N) is 3. The average molecular weight is 289 g/mol. The zero-order chi connectivity index (χ0) is 15.4. The lowest BCUT2D eigenvalue weighted by Gasteiger charge is -2.14. The Morgan fingerprint density at radius 3 is 2.52 bits per heavy atom. The highest BCUT2D eigenvalue weighted by molar-refractivity contribution is 5.99. The van der Waals surface area contributed by atoms with Crippen LogP contribution in [-0.2, 0) is 14.4 Å². The van der Waals surface area contributed by atoms with E-state index in [4.69, 9.17) is 0 Å².